The summed E-state index contributed by atoms with van der Waals surface area (Å²) < 4.78 is 5.31. The summed E-state index contributed by atoms with van der Waals surface area (Å²) in [4.78, 5) is 13.9. The number of carbonyl (C=O) groups excluding carboxylic acids is 1. The molecule has 0 atom stereocenters. The van der Waals surface area contributed by atoms with Crippen LogP contribution in [0.3, 0.4) is 0 Å². The first kappa shape index (κ1) is 11.9. The molecule has 4 nitrogen and oxygen atoms in total. The fourth-order valence-electron chi connectivity index (χ4n) is 1.95. The van der Waals surface area contributed by atoms with Gasteiger partial charge in [-0.25, -0.2) is 0 Å². The Morgan fingerprint density at radius 2 is 2.24 bits per heavy atom. The van der Waals surface area contributed by atoms with Gasteiger partial charge in [0.05, 0.1) is 13.0 Å². The summed E-state index contributed by atoms with van der Waals surface area (Å²) in [6.45, 7) is 2.77. The molecule has 4 heteroatoms. The van der Waals surface area contributed by atoms with Crippen LogP contribution < -0.4 is 0 Å². The molecule has 17 heavy (non-hydrogen) atoms. The van der Waals surface area contributed by atoms with Gasteiger partial charge in [-0.1, -0.05) is 12.1 Å². The van der Waals surface area contributed by atoms with Gasteiger partial charge in [-0.2, -0.15) is 0 Å². The Hall–Kier alpha value is -1.55. The van der Waals surface area contributed by atoms with Crippen molar-refractivity contribution in [3.05, 3.63) is 29.8 Å². The first-order chi connectivity index (χ1) is 8.25. The van der Waals surface area contributed by atoms with Crippen molar-refractivity contribution in [2.45, 2.75) is 12.8 Å². The van der Waals surface area contributed by atoms with Crippen LogP contribution in [0.15, 0.2) is 24.3 Å². The third kappa shape index (κ3) is 3.46. The van der Waals surface area contributed by atoms with Crippen LogP contribution in [0.1, 0.15) is 12.0 Å². The van der Waals surface area contributed by atoms with E-state index < -0.39 is 0 Å². The molecule has 0 aliphatic carbocycles. The number of rotatable bonds is 2. The van der Waals surface area contributed by atoms with Crippen molar-refractivity contribution in [1.29, 1.82) is 0 Å². The molecule has 0 spiro atoms. The molecule has 0 bridgehead atoms. The molecule has 2 rings (SSSR count). The second kappa shape index (κ2) is 5.68. The van der Waals surface area contributed by atoms with E-state index in [0.717, 1.165) is 25.1 Å². The second-order valence-corrected chi connectivity index (χ2v) is 4.19. The van der Waals surface area contributed by atoms with Crippen LogP contribution in [-0.4, -0.2) is 42.2 Å². The van der Waals surface area contributed by atoms with Crippen LogP contribution in [-0.2, 0) is 16.0 Å². The highest BCUT2D eigenvalue weighted by Crippen LogP contribution is 2.12. The maximum absolute atomic E-state index is 12.0. The molecule has 1 aromatic carbocycles. The Bertz CT molecular complexity index is 384. The number of phenolic OH excluding ortho intramolecular Hbond substituents is 1. The average molecular weight is 235 g/mol. The van der Waals surface area contributed by atoms with Crippen LogP contribution in [0.5, 0.6) is 5.75 Å². The molecule has 1 aliphatic heterocycles. The molecule has 1 aromatic rings. The van der Waals surface area contributed by atoms with E-state index in [-0.39, 0.29) is 11.7 Å². The first-order valence-corrected chi connectivity index (χ1v) is 5.89. The highest BCUT2D eigenvalue weighted by molar-refractivity contribution is 5.78. The number of carbonyl (C=O) groups is 1. The van der Waals surface area contributed by atoms with Crippen molar-refractivity contribution >= 4 is 5.91 Å². The van der Waals surface area contributed by atoms with Gasteiger partial charge in [0.25, 0.3) is 0 Å². The second-order valence-electron chi connectivity index (χ2n) is 4.19. The van der Waals surface area contributed by atoms with Crippen LogP contribution in [0.2, 0.25) is 0 Å². The molecule has 0 unspecified atom stereocenters. The molecule has 0 saturated carbocycles. The Labute approximate surface area is 101 Å². The summed E-state index contributed by atoms with van der Waals surface area (Å²) in [6.07, 6.45) is 1.24. The monoisotopic (exact) mass is 235 g/mol. The maximum Gasteiger partial charge on any atom is 0.227 e. The molecule has 1 heterocycles. The minimum absolute atomic E-state index is 0.0982. The molecule has 92 valence electrons. The number of aromatic hydroxyl groups is 1. The normalized spacial score (nSPS) is 16.6. The van der Waals surface area contributed by atoms with Gasteiger partial charge >= 0.3 is 0 Å². The lowest BCUT2D eigenvalue weighted by Crippen LogP contribution is -2.34. The topological polar surface area (TPSA) is 49.8 Å². The zero-order valence-corrected chi connectivity index (χ0v) is 9.76. The number of amides is 1. The van der Waals surface area contributed by atoms with E-state index in [2.05, 4.69) is 0 Å². The fourth-order valence-corrected chi connectivity index (χ4v) is 1.95. The third-order valence-electron chi connectivity index (χ3n) is 2.84. The van der Waals surface area contributed by atoms with E-state index in [0.29, 0.717) is 19.6 Å². The van der Waals surface area contributed by atoms with Crippen molar-refractivity contribution in [3.8, 4) is 5.75 Å². The van der Waals surface area contributed by atoms with Gasteiger partial charge in [-0.15, -0.1) is 0 Å². The van der Waals surface area contributed by atoms with Gasteiger partial charge < -0.3 is 14.7 Å². The summed E-state index contributed by atoms with van der Waals surface area (Å²) >= 11 is 0. The van der Waals surface area contributed by atoms with Crippen LogP contribution >= 0.6 is 0 Å². The van der Waals surface area contributed by atoms with Crippen molar-refractivity contribution in [1.82, 2.24) is 4.90 Å². The molecule has 1 N–H and O–H groups in total. The van der Waals surface area contributed by atoms with Gasteiger partial charge in [0.2, 0.25) is 5.91 Å². The van der Waals surface area contributed by atoms with E-state index in [1.807, 2.05) is 11.0 Å². The van der Waals surface area contributed by atoms with Gasteiger partial charge in [0.1, 0.15) is 5.75 Å². The zero-order chi connectivity index (χ0) is 12.1. The number of phenols is 1. The van der Waals surface area contributed by atoms with E-state index >= 15 is 0 Å². The Kier molecular flexibility index (Phi) is 3.98. The molecule has 1 saturated heterocycles. The van der Waals surface area contributed by atoms with E-state index in [4.69, 9.17) is 4.74 Å². The average Bonchev–Trinajstić information content (AvgIpc) is 2.57. The predicted molar refractivity (Wildman–Crippen MR) is 63.8 cm³/mol. The lowest BCUT2D eigenvalue weighted by molar-refractivity contribution is -0.130. The first-order valence-electron chi connectivity index (χ1n) is 5.89. The number of benzene rings is 1. The lowest BCUT2D eigenvalue weighted by Gasteiger charge is -2.19. The highest BCUT2D eigenvalue weighted by Gasteiger charge is 2.15. The number of hydrogen-bond donors (Lipinski definition) is 1. The number of nitrogens with zero attached hydrogens (tertiary/aromatic N) is 1. The Morgan fingerprint density at radius 1 is 1.35 bits per heavy atom. The Balaban J connectivity index is 1.95. The van der Waals surface area contributed by atoms with Gasteiger partial charge in [0, 0.05) is 19.7 Å². The SMILES string of the molecule is O=C(Cc1cccc(O)c1)N1CCCOCC1. The van der Waals surface area contributed by atoms with Crippen molar-refractivity contribution < 1.29 is 14.6 Å². The van der Waals surface area contributed by atoms with Crippen LogP contribution in [0, 0.1) is 0 Å². The standard InChI is InChI=1S/C13H17NO3/c15-12-4-1-3-11(9-12)10-13(16)14-5-2-7-17-8-6-14/h1,3-4,9,15H,2,5-8,10H2. The minimum Gasteiger partial charge on any atom is -0.508 e. The van der Waals surface area contributed by atoms with Crippen molar-refractivity contribution in [2.24, 2.45) is 0 Å². The summed E-state index contributed by atoms with van der Waals surface area (Å²) in [7, 11) is 0. The van der Waals surface area contributed by atoms with E-state index in [9.17, 15) is 9.90 Å². The van der Waals surface area contributed by atoms with Crippen LogP contribution in [0.4, 0.5) is 0 Å². The fraction of sp³-hybridized carbons (Fsp3) is 0.462. The van der Waals surface area contributed by atoms with E-state index in [1.165, 1.54) is 0 Å². The highest BCUT2D eigenvalue weighted by atomic mass is 16.5. The maximum atomic E-state index is 12.0. The molecule has 1 amide bonds. The predicted octanol–water partition coefficient (Wildman–Crippen LogP) is 1.18. The molecule has 1 aliphatic rings. The zero-order valence-electron chi connectivity index (χ0n) is 9.76. The molecule has 0 aromatic heterocycles. The summed E-state index contributed by atoms with van der Waals surface area (Å²) in [5.74, 6) is 0.301. The number of ether oxygens (including phenoxy) is 1. The van der Waals surface area contributed by atoms with Crippen molar-refractivity contribution in [3.63, 3.8) is 0 Å². The number of hydrogen-bond acceptors (Lipinski definition) is 3. The Morgan fingerprint density at radius 3 is 3.06 bits per heavy atom. The van der Waals surface area contributed by atoms with Gasteiger partial charge in [0.15, 0.2) is 0 Å². The smallest absolute Gasteiger partial charge is 0.227 e. The quantitative estimate of drug-likeness (QED) is 0.837. The molecule has 1 fully saturated rings. The summed E-state index contributed by atoms with van der Waals surface area (Å²) in [5.41, 5.74) is 0.847. The van der Waals surface area contributed by atoms with Crippen LogP contribution in [0.25, 0.3) is 0 Å². The molecular weight excluding hydrogens is 218 g/mol. The van der Waals surface area contributed by atoms with Crippen molar-refractivity contribution in [2.75, 3.05) is 26.3 Å². The third-order valence-corrected chi connectivity index (χ3v) is 2.84. The van der Waals surface area contributed by atoms with Gasteiger partial charge in [-0.05, 0) is 24.1 Å². The molecule has 0 radical (unpaired) electrons. The summed E-state index contributed by atoms with van der Waals surface area (Å²) in [5, 5.41) is 9.34. The largest absolute Gasteiger partial charge is 0.508 e. The lowest BCUT2D eigenvalue weighted by atomic mass is 10.1. The van der Waals surface area contributed by atoms with E-state index in [1.54, 1.807) is 18.2 Å². The molecular formula is C13H17NO3. The summed E-state index contributed by atoms with van der Waals surface area (Å²) in [6, 6.07) is 6.84. The minimum atomic E-state index is 0.0982. The van der Waals surface area contributed by atoms with Gasteiger partial charge in [-0.3, -0.25) is 4.79 Å².